The van der Waals surface area contributed by atoms with Crippen molar-refractivity contribution in [1.29, 1.82) is 0 Å². The molecule has 204 valence electrons. The zero-order valence-electron chi connectivity index (χ0n) is 22.4. The lowest BCUT2D eigenvalue weighted by Gasteiger charge is -2.19. The van der Waals surface area contributed by atoms with Gasteiger partial charge in [-0.3, -0.25) is 4.79 Å². The van der Waals surface area contributed by atoms with Crippen molar-refractivity contribution < 1.29 is 23.5 Å². The third kappa shape index (κ3) is 5.89. The monoisotopic (exact) mass is 599 g/mol. The highest BCUT2D eigenvalue weighted by Gasteiger charge is 2.24. The number of para-hydroxylation sites is 1. The van der Waals surface area contributed by atoms with Gasteiger partial charge in [-0.15, -0.1) is 0 Å². The average Bonchev–Trinajstić information content (AvgIpc) is 3.35. The maximum atomic E-state index is 13.4. The zero-order valence-corrected chi connectivity index (χ0v) is 24.0. The molecule has 0 spiro atoms. The molecule has 1 heterocycles. The van der Waals surface area contributed by atoms with E-state index in [2.05, 4.69) is 28.2 Å². The molecule has 0 saturated carbocycles. The molecule has 6 nitrogen and oxygen atoms in total. The van der Waals surface area contributed by atoms with Gasteiger partial charge in [0.2, 0.25) is 0 Å². The van der Waals surface area contributed by atoms with Gasteiger partial charge in [0.15, 0.2) is 6.10 Å². The summed E-state index contributed by atoms with van der Waals surface area (Å²) in [5, 5.41) is 5.65. The molecule has 0 bridgehead atoms. The number of hydrogen-bond acceptors (Lipinski definition) is 5. The van der Waals surface area contributed by atoms with Crippen molar-refractivity contribution in [2.24, 2.45) is 0 Å². The Morgan fingerprint density at radius 3 is 2.50 bits per heavy atom. The quantitative estimate of drug-likeness (QED) is 0.164. The van der Waals surface area contributed by atoms with Crippen LogP contribution in [0.25, 0.3) is 21.7 Å². The number of unbranched alkanes of at least 4 members (excludes halogenated alkanes) is 1. The number of carbonyl (C=O) groups is 2. The molecule has 1 atom stereocenters. The van der Waals surface area contributed by atoms with Crippen LogP contribution in [-0.4, -0.2) is 25.1 Å². The van der Waals surface area contributed by atoms with Crippen molar-refractivity contribution in [2.75, 3.05) is 12.4 Å². The van der Waals surface area contributed by atoms with Crippen LogP contribution in [0, 0.1) is 0 Å². The number of aryl methyl sites for hydroxylation is 1. The molecule has 0 saturated heterocycles. The minimum Gasteiger partial charge on any atom is -0.477 e. The molecule has 1 N–H and O–H groups in total. The third-order valence-corrected chi connectivity index (χ3v) is 7.64. The largest absolute Gasteiger partial charge is 0.477 e. The zero-order chi connectivity index (χ0) is 28.1. The molecule has 1 amide bonds. The van der Waals surface area contributed by atoms with Gasteiger partial charge in [-0.1, -0.05) is 74.0 Å². The molecule has 0 fully saturated rings. The van der Waals surface area contributed by atoms with Crippen LogP contribution in [0.4, 0.5) is 5.69 Å². The Bertz CT molecular complexity index is 1660. The third-order valence-electron chi connectivity index (χ3n) is 6.83. The van der Waals surface area contributed by atoms with Crippen molar-refractivity contribution in [3.63, 3.8) is 0 Å². The van der Waals surface area contributed by atoms with E-state index in [1.807, 2.05) is 84.9 Å². The van der Waals surface area contributed by atoms with Crippen LogP contribution in [0.15, 0.2) is 93.8 Å². The maximum Gasteiger partial charge on any atom is 0.347 e. The van der Waals surface area contributed by atoms with Gasteiger partial charge in [-0.05, 0) is 63.0 Å². The molecular weight excluding hydrogens is 570 g/mol. The molecule has 1 aromatic heterocycles. The minimum absolute atomic E-state index is 0.198. The van der Waals surface area contributed by atoms with E-state index >= 15 is 0 Å². The smallest absolute Gasteiger partial charge is 0.347 e. The number of ether oxygens (including phenoxy) is 2. The van der Waals surface area contributed by atoms with E-state index < -0.39 is 12.1 Å². The highest BCUT2D eigenvalue weighted by Crippen LogP contribution is 2.36. The number of methoxy groups -OCH3 is 1. The summed E-state index contributed by atoms with van der Waals surface area (Å²) in [6.07, 6.45) is 2.24. The van der Waals surface area contributed by atoms with E-state index in [4.69, 9.17) is 13.9 Å². The molecule has 5 rings (SSSR count). The topological polar surface area (TPSA) is 77.8 Å². The molecule has 1 unspecified atom stereocenters. The van der Waals surface area contributed by atoms with E-state index in [-0.39, 0.29) is 5.91 Å². The Kier molecular flexibility index (Phi) is 8.51. The summed E-state index contributed by atoms with van der Waals surface area (Å²) in [5.74, 6) is 0.595. The van der Waals surface area contributed by atoms with E-state index in [0.29, 0.717) is 45.7 Å². The second kappa shape index (κ2) is 12.4. The summed E-state index contributed by atoms with van der Waals surface area (Å²) in [4.78, 5) is 25.9. The van der Waals surface area contributed by atoms with E-state index in [1.54, 1.807) is 0 Å². The number of rotatable bonds is 10. The number of halogens is 1. The van der Waals surface area contributed by atoms with Crippen LogP contribution in [-0.2, 0) is 22.4 Å². The minimum atomic E-state index is -0.800. The van der Waals surface area contributed by atoms with Crippen molar-refractivity contribution in [3.8, 4) is 5.75 Å². The molecule has 5 aromatic rings. The van der Waals surface area contributed by atoms with Crippen molar-refractivity contribution in [2.45, 2.75) is 38.7 Å². The van der Waals surface area contributed by atoms with Crippen molar-refractivity contribution >= 4 is 55.2 Å². The second-order valence-electron chi connectivity index (χ2n) is 9.59. The van der Waals surface area contributed by atoms with Crippen LogP contribution in [0.2, 0.25) is 0 Å². The number of amides is 1. The number of fused-ring (bicyclic) bond motifs is 2. The SMILES string of the molecule is CCCCc1oc2ccccc2c1C(=O)Nc1ccc2c(Br)c(OC(Cc3ccccc3)C(=O)OC)ccc2c1. The number of furan rings is 1. The Balaban J connectivity index is 1.39. The fourth-order valence-electron chi connectivity index (χ4n) is 4.78. The van der Waals surface area contributed by atoms with Crippen LogP contribution in [0.3, 0.4) is 0 Å². The first-order valence-corrected chi connectivity index (χ1v) is 14.1. The number of esters is 1. The summed E-state index contributed by atoms with van der Waals surface area (Å²) < 4.78 is 17.9. The highest BCUT2D eigenvalue weighted by molar-refractivity contribution is 9.10. The van der Waals surface area contributed by atoms with Gasteiger partial charge >= 0.3 is 5.97 Å². The standard InChI is InChI=1S/C33H30BrNO5/c1-3-4-13-27-30(25-12-8-9-14-26(25)39-27)32(36)35-23-16-17-24-22(20-23)15-18-28(31(24)34)40-29(33(37)38-2)19-21-10-6-5-7-11-21/h5-12,14-18,20,29H,3-4,13,19H2,1-2H3,(H,35,36). The molecule has 0 radical (unpaired) electrons. The number of nitrogens with one attached hydrogen (secondary N) is 1. The van der Waals surface area contributed by atoms with E-state index in [1.165, 1.54) is 7.11 Å². The highest BCUT2D eigenvalue weighted by atomic mass is 79.9. The summed E-state index contributed by atoms with van der Waals surface area (Å²) in [7, 11) is 1.36. The van der Waals surface area contributed by atoms with Gasteiger partial charge < -0.3 is 19.2 Å². The number of anilines is 1. The van der Waals surface area contributed by atoms with Gasteiger partial charge in [-0.2, -0.15) is 0 Å². The Hall–Kier alpha value is -4.10. The predicted molar refractivity (Wildman–Crippen MR) is 161 cm³/mol. The first-order valence-electron chi connectivity index (χ1n) is 13.3. The van der Waals surface area contributed by atoms with Gasteiger partial charge in [0.1, 0.15) is 17.1 Å². The lowest BCUT2D eigenvalue weighted by molar-refractivity contribution is -0.148. The summed E-state index contributed by atoms with van der Waals surface area (Å²) in [5.41, 5.74) is 2.94. The van der Waals surface area contributed by atoms with Crippen LogP contribution in [0.1, 0.15) is 41.4 Å². The average molecular weight is 601 g/mol. The molecule has 40 heavy (non-hydrogen) atoms. The predicted octanol–water partition coefficient (Wildman–Crippen LogP) is 8.11. The van der Waals surface area contributed by atoms with Crippen LogP contribution >= 0.6 is 15.9 Å². The molecule has 0 aliphatic rings. The summed E-state index contributed by atoms with van der Waals surface area (Å²) in [6, 6.07) is 26.7. The maximum absolute atomic E-state index is 13.4. The molecular formula is C33H30BrNO5. The Morgan fingerprint density at radius 2 is 1.73 bits per heavy atom. The molecule has 7 heteroatoms. The first-order chi connectivity index (χ1) is 19.5. The van der Waals surface area contributed by atoms with Crippen molar-refractivity contribution in [1.82, 2.24) is 0 Å². The second-order valence-corrected chi connectivity index (χ2v) is 10.4. The fourth-order valence-corrected chi connectivity index (χ4v) is 5.37. The number of benzene rings is 4. The fraction of sp³-hybridized carbons (Fsp3) is 0.212. The lowest BCUT2D eigenvalue weighted by Crippen LogP contribution is -2.31. The molecule has 4 aromatic carbocycles. The normalized spacial score (nSPS) is 11.9. The van der Waals surface area contributed by atoms with Gasteiger partial charge in [0.05, 0.1) is 17.1 Å². The summed E-state index contributed by atoms with van der Waals surface area (Å²) in [6.45, 7) is 2.12. The van der Waals surface area contributed by atoms with Crippen molar-refractivity contribution in [3.05, 3.63) is 106 Å². The van der Waals surface area contributed by atoms with Crippen LogP contribution < -0.4 is 10.1 Å². The molecule has 0 aliphatic heterocycles. The van der Waals surface area contributed by atoms with Gasteiger partial charge in [0, 0.05) is 23.9 Å². The van der Waals surface area contributed by atoms with E-state index in [9.17, 15) is 9.59 Å². The van der Waals surface area contributed by atoms with Gasteiger partial charge in [-0.25, -0.2) is 4.79 Å². The molecule has 0 aliphatic carbocycles. The van der Waals surface area contributed by atoms with E-state index in [0.717, 1.165) is 34.6 Å². The van der Waals surface area contributed by atoms with Gasteiger partial charge in [0.25, 0.3) is 5.91 Å². The summed E-state index contributed by atoms with van der Waals surface area (Å²) >= 11 is 3.66. The lowest BCUT2D eigenvalue weighted by atomic mass is 10.1. The number of carbonyl (C=O) groups excluding carboxylic acids is 2. The number of hydrogen-bond donors (Lipinski definition) is 1. The Labute approximate surface area is 241 Å². The van der Waals surface area contributed by atoms with Crippen LogP contribution in [0.5, 0.6) is 5.75 Å². The first kappa shape index (κ1) is 27.5. The Morgan fingerprint density at radius 1 is 0.950 bits per heavy atom.